The van der Waals surface area contributed by atoms with Crippen molar-refractivity contribution in [3.05, 3.63) is 18.1 Å². The highest BCUT2D eigenvalue weighted by atomic mass is 32.2. The smallest absolute Gasteiger partial charge is 0.271 e. The van der Waals surface area contributed by atoms with Crippen molar-refractivity contribution in [1.29, 1.82) is 0 Å². The summed E-state index contributed by atoms with van der Waals surface area (Å²) in [6.07, 6.45) is 5.35. The summed E-state index contributed by atoms with van der Waals surface area (Å²) in [6.45, 7) is 2.74. The van der Waals surface area contributed by atoms with Crippen LogP contribution >= 0.6 is 11.8 Å². The van der Waals surface area contributed by atoms with Crippen LogP contribution in [-0.2, 0) is 0 Å². The van der Waals surface area contributed by atoms with Crippen LogP contribution < -0.4 is 10.6 Å². The summed E-state index contributed by atoms with van der Waals surface area (Å²) in [5, 5.41) is 6.06. The Hall–Kier alpha value is -1.30. The quantitative estimate of drug-likeness (QED) is 0.865. The fourth-order valence-electron chi connectivity index (χ4n) is 1.86. The molecule has 2 N–H and O–H groups in total. The lowest BCUT2D eigenvalue weighted by atomic mass is 10.2. The summed E-state index contributed by atoms with van der Waals surface area (Å²) in [5.41, 5.74) is 0.379. The Balaban J connectivity index is 1.96. The Labute approximate surface area is 111 Å². The molecule has 2 rings (SSSR count). The van der Waals surface area contributed by atoms with Crippen molar-refractivity contribution >= 4 is 23.5 Å². The second-order valence-corrected chi connectivity index (χ2v) is 5.36. The number of carbonyl (C=O) groups is 1. The number of amides is 1. The Morgan fingerprint density at radius 3 is 3.17 bits per heavy atom. The van der Waals surface area contributed by atoms with Gasteiger partial charge in [-0.3, -0.25) is 9.78 Å². The summed E-state index contributed by atoms with van der Waals surface area (Å²) in [5.74, 6) is 2.70. The van der Waals surface area contributed by atoms with Crippen molar-refractivity contribution in [2.45, 2.75) is 25.8 Å². The van der Waals surface area contributed by atoms with Crippen molar-refractivity contribution in [3.8, 4) is 0 Å². The van der Waals surface area contributed by atoms with Crippen molar-refractivity contribution in [1.82, 2.24) is 15.3 Å². The third-order valence-corrected chi connectivity index (χ3v) is 3.94. The second kappa shape index (κ2) is 6.58. The zero-order valence-corrected chi connectivity index (χ0v) is 11.3. The standard InChI is InChI=1S/C12H18N4OS/c1-2-14-11-7-13-6-10(16-11)12(17)15-9-4-3-5-18-8-9/h6-7,9H,2-5,8H2,1H3,(H,14,16)(H,15,17). The number of carbonyl (C=O) groups excluding carboxylic acids is 1. The van der Waals surface area contributed by atoms with Gasteiger partial charge >= 0.3 is 0 Å². The Kier molecular flexibility index (Phi) is 4.81. The first kappa shape index (κ1) is 13.1. The van der Waals surface area contributed by atoms with Crippen molar-refractivity contribution in [2.75, 3.05) is 23.4 Å². The van der Waals surface area contributed by atoms with E-state index in [1.54, 1.807) is 6.20 Å². The summed E-state index contributed by atoms with van der Waals surface area (Å²) in [4.78, 5) is 20.3. The molecule has 98 valence electrons. The average molecular weight is 266 g/mol. The van der Waals surface area contributed by atoms with Crippen LogP contribution in [0.4, 0.5) is 5.82 Å². The highest BCUT2D eigenvalue weighted by Crippen LogP contribution is 2.17. The van der Waals surface area contributed by atoms with E-state index in [0.29, 0.717) is 11.5 Å². The van der Waals surface area contributed by atoms with Crippen LogP contribution in [0.15, 0.2) is 12.4 Å². The van der Waals surface area contributed by atoms with E-state index in [1.807, 2.05) is 18.7 Å². The zero-order valence-electron chi connectivity index (χ0n) is 10.5. The van der Waals surface area contributed by atoms with Gasteiger partial charge in [-0.15, -0.1) is 0 Å². The molecule has 1 unspecified atom stereocenters. The maximum absolute atomic E-state index is 12.0. The Morgan fingerprint density at radius 2 is 2.44 bits per heavy atom. The highest BCUT2D eigenvalue weighted by Gasteiger charge is 2.18. The van der Waals surface area contributed by atoms with Crippen LogP contribution in [-0.4, -0.2) is 40.0 Å². The summed E-state index contributed by atoms with van der Waals surface area (Å²) < 4.78 is 0. The van der Waals surface area contributed by atoms with E-state index in [4.69, 9.17) is 0 Å². The lowest BCUT2D eigenvalue weighted by molar-refractivity contribution is 0.0933. The lowest BCUT2D eigenvalue weighted by Gasteiger charge is -2.22. The average Bonchev–Trinajstić information content (AvgIpc) is 2.40. The van der Waals surface area contributed by atoms with Crippen LogP contribution in [0.3, 0.4) is 0 Å². The zero-order chi connectivity index (χ0) is 12.8. The van der Waals surface area contributed by atoms with Gasteiger partial charge in [-0.05, 0) is 25.5 Å². The summed E-state index contributed by atoms with van der Waals surface area (Å²) >= 11 is 1.89. The normalized spacial score (nSPS) is 19.3. The van der Waals surface area contributed by atoms with E-state index in [1.165, 1.54) is 18.4 Å². The molecule has 0 spiro atoms. The molecular formula is C12H18N4OS. The Bertz CT molecular complexity index is 407. The third kappa shape index (κ3) is 3.60. The number of anilines is 1. The molecule has 1 aromatic heterocycles. The van der Waals surface area contributed by atoms with Crippen molar-refractivity contribution in [3.63, 3.8) is 0 Å². The second-order valence-electron chi connectivity index (χ2n) is 4.21. The van der Waals surface area contributed by atoms with E-state index in [9.17, 15) is 4.79 Å². The first-order valence-electron chi connectivity index (χ1n) is 6.24. The highest BCUT2D eigenvalue weighted by molar-refractivity contribution is 7.99. The molecule has 1 aliphatic heterocycles. The van der Waals surface area contributed by atoms with Crippen LogP contribution in [0, 0.1) is 0 Å². The molecular weight excluding hydrogens is 248 g/mol. The topological polar surface area (TPSA) is 66.9 Å². The maximum Gasteiger partial charge on any atom is 0.271 e. The molecule has 1 aromatic rings. The molecule has 0 radical (unpaired) electrons. The number of thioether (sulfide) groups is 1. The molecule has 18 heavy (non-hydrogen) atoms. The predicted molar refractivity (Wildman–Crippen MR) is 74.0 cm³/mol. The van der Waals surface area contributed by atoms with Gasteiger partial charge < -0.3 is 10.6 Å². The number of nitrogens with zero attached hydrogens (tertiary/aromatic N) is 2. The van der Waals surface area contributed by atoms with Crippen molar-refractivity contribution < 1.29 is 4.79 Å². The first-order valence-corrected chi connectivity index (χ1v) is 7.39. The molecule has 6 heteroatoms. The molecule has 5 nitrogen and oxygen atoms in total. The third-order valence-electron chi connectivity index (χ3n) is 2.72. The molecule has 0 saturated carbocycles. The van der Waals surface area contributed by atoms with Gasteiger partial charge in [0.1, 0.15) is 11.5 Å². The van der Waals surface area contributed by atoms with E-state index in [2.05, 4.69) is 20.6 Å². The fraction of sp³-hybridized carbons (Fsp3) is 0.583. The van der Waals surface area contributed by atoms with Gasteiger partial charge in [0.2, 0.25) is 0 Å². The van der Waals surface area contributed by atoms with Gasteiger partial charge in [-0.25, -0.2) is 4.98 Å². The van der Waals surface area contributed by atoms with E-state index in [0.717, 1.165) is 18.7 Å². The van der Waals surface area contributed by atoms with Crippen LogP contribution in [0.25, 0.3) is 0 Å². The van der Waals surface area contributed by atoms with E-state index < -0.39 is 0 Å². The van der Waals surface area contributed by atoms with Gasteiger partial charge in [0, 0.05) is 18.3 Å². The minimum absolute atomic E-state index is 0.130. The molecule has 0 aromatic carbocycles. The van der Waals surface area contributed by atoms with E-state index >= 15 is 0 Å². The van der Waals surface area contributed by atoms with Crippen LogP contribution in [0.1, 0.15) is 30.3 Å². The van der Waals surface area contributed by atoms with Gasteiger partial charge in [0.15, 0.2) is 0 Å². The fourth-order valence-corrected chi connectivity index (χ4v) is 2.93. The molecule has 1 fully saturated rings. The minimum atomic E-state index is -0.130. The maximum atomic E-state index is 12.0. The molecule has 2 heterocycles. The number of hydrogen-bond donors (Lipinski definition) is 2. The SMILES string of the molecule is CCNc1cncc(C(=O)NC2CCCSC2)n1. The van der Waals surface area contributed by atoms with Gasteiger partial charge in [-0.1, -0.05) is 0 Å². The number of rotatable bonds is 4. The molecule has 1 aliphatic rings. The van der Waals surface area contributed by atoms with Gasteiger partial charge in [0.05, 0.1) is 12.4 Å². The number of nitrogens with one attached hydrogen (secondary N) is 2. The number of hydrogen-bond acceptors (Lipinski definition) is 5. The summed E-state index contributed by atoms with van der Waals surface area (Å²) in [7, 11) is 0. The van der Waals surface area contributed by atoms with E-state index in [-0.39, 0.29) is 11.9 Å². The number of aromatic nitrogens is 2. The molecule has 1 atom stereocenters. The van der Waals surface area contributed by atoms with Crippen LogP contribution in [0.2, 0.25) is 0 Å². The minimum Gasteiger partial charge on any atom is -0.369 e. The monoisotopic (exact) mass is 266 g/mol. The first-order chi connectivity index (χ1) is 8.79. The van der Waals surface area contributed by atoms with Crippen LogP contribution in [0.5, 0.6) is 0 Å². The molecule has 1 saturated heterocycles. The molecule has 0 aliphatic carbocycles. The van der Waals surface area contributed by atoms with Gasteiger partial charge in [0.25, 0.3) is 5.91 Å². The molecule has 0 bridgehead atoms. The molecule has 1 amide bonds. The Morgan fingerprint density at radius 1 is 1.56 bits per heavy atom. The van der Waals surface area contributed by atoms with Gasteiger partial charge in [-0.2, -0.15) is 11.8 Å². The predicted octanol–water partition coefficient (Wildman–Crippen LogP) is 1.53. The largest absolute Gasteiger partial charge is 0.369 e. The van der Waals surface area contributed by atoms with Crippen molar-refractivity contribution in [2.24, 2.45) is 0 Å². The summed E-state index contributed by atoms with van der Waals surface area (Å²) in [6, 6.07) is 0.265. The lowest BCUT2D eigenvalue weighted by Crippen LogP contribution is -2.38.